The molecule has 2 aromatic rings. The molecule has 94 valence electrons. The number of carbonyl (C=O) groups is 1. The second-order valence-corrected chi connectivity index (χ2v) is 5.33. The van der Waals surface area contributed by atoms with Crippen LogP contribution < -0.4 is 0 Å². The lowest BCUT2D eigenvalue weighted by Crippen LogP contribution is -2.61. The lowest BCUT2D eigenvalue weighted by molar-refractivity contribution is -0.0668. The number of para-hydroxylation sites is 1. The number of likely N-dealkylation sites (tertiary alicyclic amines) is 1. The zero-order valence-electron chi connectivity index (χ0n) is 10.6. The fourth-order valence-electron chi connectivity index (χ4n) is 2.60. The number of hydrogen-bond donors (Lipinski definition) is 1. The number of fused-ring (bicyclic) bond motifs is 1. The van der Waals surface area contributed by atoms with Crippen LogP contribution >= 0.6 is 0 Å². The molecule has 0 spiro atoms. The predicted octanol–water partition coefficient (Wildman–Crippen LogP) is 1.39. The topological polar surface area (TPSA) is 45.5 Å². The van der Waals surface area contributed by atoms with Crippen LogP contribution in [0.1, 0.15) is 17.3 Å². The Morgan fingerprint density at radius 1 is 1.33 bits per heavy atom. The summed E-state index contributed by atoms with van der Waals surface area (Å²) in [7, 11) is 1.94. The van der Waals surface area contributed by atoms with E-state index in [1.165, 1.54) is 0 Å². The maximum Gasteiger partial charge on any atom is 0.256 e. The molecule has 1 aromatic carbocycles. The van der Waals surface area contributed by atoms with Crippen molar-refractivity contribution in [2.75, 3.05) is 13.1 Å². The number of nitrogens with zero attached hydrogens (tertiary/aromatic N) is 2. The van der Waals surface area contributed by atoms with Gasteiger partial charge in [-0.25, -0.2) is 0 Å². The quantitative estimate of drug-likeness (QED) is 0.824. The molecule has 1 saturated heterocycles. The van der Waals surface area contributed by atoms with Crippen molar-refractivity contribution in [3.05, 3.63) is 36.0 Å². The molecule has 0 atom stereocenters. The van der Waals surface area contributed by atoms with E-state index in [4.69, 9.17) is 0 Å². The zero-order chi connectivity index (χ0) is 12.9. The third kappa shape index (κ3) is 1.61. The number of carbonyl (C=O) groups excluding carboxylic acids is 1. The van der Waals surface area contributed by atoms with Crippen molar-refractivity contribution < 1.29 is 9.90 Å². The van der Waals surface area contributed by atoms with Crippen LogP contribution in [0, 0.1) is 0 Å². The van der Waals surface area contributed by atoms with Gasteiger partial charge in [-0.15, -0.1) is 0 Å². The molecular weight excluding hydrogens is 228 g/mol. The van der Waals surface area contributed by atoms with Gasteiger partial charge in [0.1, 0.15) is 0 Å². The minimum absolute atomic E-state index is 0.00155. The molecule has 4 nitrogen and oxygen atoms in total. The van der Waals surface area contributed by atoms with E-state index in [1.807, 2.05) is 42.1 Å². The van der Waals surface area contributed by atoms with Crippen molar-refractivity contribution in [3.63, 3.8) is 0 Å². The number of amides is 1. The summed E-state index contributed by atoms with van der Waals surface area (Å²) in [6.07, 6.45) is 1.86. The summed E-state index contributed by atoms with van der Waals surface area (Å²) in [6.45, 7) is 2.57. The first-order chi connectivity index (χ1) is 8.48. The van der Waals surface area contributed by atoms with Crippen LogP contribution in [0.2, 0.25) is 0 Å². The van der Waals surface area contributed by atoms with Crippen molar-refractivity contribution in [1.29, 1.82) is 0 Å². The molecule has 0 saturated carbocycles. The molecule has 1 amide bonds. The van der Waals surface area contributed by atoms with Crippen LogP contribution in [0.5, 0.6) is 0 Å². The molecule has 0 aliphatic carbocycles. The van der Waals surface area contributed by atoms with Crippen LogP contribution in [0.25, 0.3) is 10.9 Å². The van der Waals surface area contributed by atoms with Crippen molar-refractivity contribution in [2.45, 2.75) is 12.5 Å². The summed E-state index contributed by atoms with van der Waals surface area (Å²) >= 11 is 0. The van der Waals surface area contributed by atoms with Gasteiger partial charge in [-0.2, -0.15) is 0 Å². The van der Waals surface area contributed by atoms with Gasteiger partial charge in [0.15, 0.2) is 0 Å². The van der Waals surface area contributed by atoms with Crippen molar-refractivity contribution in [3.8, 4) is 0 Å². The SMILES string of the molecule is Cn1cc(C(=O)N2CC(C)(O)C2)c2ccccc21. The van der Waals surface area contributed by atoms with Gasteiger partial charge in [0.05, 0.1) is 24.3 Å². The van der Waals surface area contributed by atoms with Crippen LogP contribution in [0.15, 0.2) is 30.5 Å². The van der Waals surface area contributed by atoms with E-state index in [2.05, 4.69) is 0 Å². The van der Waals surface area contributed by atoms with Gasteiger partial charge in [-0.1, -0.05) is 18.2 Å². The Kier molecular flexibility index (Phi) is 2.25. The minimum Gasteiger partial charge on any atom is -0.386 e. The largest absolute Gasteiger partial charge is 0.386 e. The molecule has 18 heavy (non-hydrogen) atoms. The van der Waals surface area contributed by atoms with Gasteiger partial charge < -0.3 is 14.6 Å². The molecule has 0 bridgehead atoms. The summed E-state index contributed by atoms with van der Waals surface area (Å²) in [5.41, 5.74) is 1.04. The fraction of sp³-hybridized carbons (Fsp3) is 0.357. The number of hydrogen-bond acceptors (Lipinski definition) is 2. The first kappa shape index (κ1) is 11.3. The molecule has 1 aliphatic rings. The monoisotopic (exact) mass is 244 g/mol. The Morgan fingerprint density at radius 2 is 2.00 bits per heavy atom. The van der Waals surface area contributed by atoms with Crippen molar-refractivity contribution in [2.24, 2.45) is 7.05 Å². The number of aliphatic hydroxyl groups is 1. The highest BCUT2D eigenvalue weighted by Gasteiger charge is 2.40. The molecule has 1 aliphatic heterocycles. The average Bonchev–Trinajstić information content (AvgIpc) is 2.64. The van der Waals surface area contributed by atoms with Crippen molar-refractivity contribution in [1.82, 2.24) is 9.47 Å². The van der Waals surface area contributed by atoms with Gasteiger partial charge in [0.2, 0.25) is 0 Å². The molecule has 1 N–H and O–H groups in total. The van der Waals surface area contributed by atoms with Gasteiger partial charge in [0, 0.05) is 24.1 Å². The summed E-state index contributed by atoms with van der Waals surface area (Å²) < 4.78 is 1.96. The van der Waals surface area contributed by atoms with Gasteiger partial charge in [-0.05, 0) is 13.0 Å². The van der Waals surface area contributed by atoms with E-state index in [9.17, 15) is 9.90 Å². The Bertz CT molecular complexity index is 620. The van der Waals surface area contributed by atoms with E-state index in [1.54, 1.807) is 11.8 Å². The number of benzene rings is 1. The lowest BCUT2D eigenvalue weighted by Gasteiger charge is -2.44. The Labute approximate surface area is 105 Å². The molecule has 0 unspecified atom stereocenters. The maximum absolute atomic E-state index is 12.3. The highest BCUT2D eigenvalue weighted by atomic mass is 16.3. The minimum atomic E-state index is -0.722. The Balaban J connectivity index is 1.98. The van der Waals surface area contributed by atoms with Crippen LogP contribution in [0.4, 0.5) is 0 Å². The maximum atomic E-state index is 12.3. The van der Waals surface area contributed by atoms with Crippen LogP contribution in [0.3, 0.4) is 0 Å². The van der Waals surface area contributed by atoms with E-state index >= 15 is 0 Å². The average molecular weight is 244 g/mol. The molecular formula is C14H16N2O2. The third-order valence-electron chi connectivity index (χ3n) is 3.48. The number of rotatable bonds is 1. The second kappa shape index (κ2) is 3.59. The number of aromatic nitrogens is 1. The summed E-state index contributed by atoms with van der Waals surface area (Å²) in [5.74, 6) is -0.00155. The molecule has 1 fully saturated rings. The van der Waals surface area contributed by atoms with E-state index < -0.39 is 5.60 Å². The summed E-state index contributed by atoms with van der Waals surface area (Å²) in [6, 6.07) is 7.86. The van der Waals surface area contributed by atoms with Crippen molar-refractivity contribution >= 4 is 16.8 Å². The molecule has 1 aromatic heterocycles. The molecule has 3 rings (SSSR count). The highest BCUT2D eigenvalue weighted by molar-refractivity contribution is 6.07. The van der Waals surface area contributed by atoms with Gasteiger partial charge >= 0.3 is 0 Å². The summed E-state index contributed by atoms with van der Waals surface area (Å²) in [4.78, 5) is 14.0. The second-order valence-electron chi connectivity index (χ2n) is 5.33. The normalized spacial score (nSPS) is 17.8. The predicted molar refractivity (Wildman–Crippen MR) is 69.4 cm³/mol. The van der Waals surface area contributed by atoms with Gasteiger partial charge in [0.25, 0.3) is 5.91 Å². The first-order valence-electron chi connectivity index (χ1n) is 6.04. The molecule has 2 heterocycles. The number of β-amino-alcohol motifs (C(OH)–C–C–N with tert-alkyl or cyclic N) is 1. The highest BCUT2D eigenvalue weighted by Crippen LogP contribution is 2.26. The number of aryl methyl sites for hydroxylation is 1. The van der Waals surface area contributed by atoms with E-state index in [0.717, 1.165) is 10.9 Å². The Morgan fingerprint density at radius 3 is 2.67 bits per heavy atom. The first-order valence-corrected chi connectivity index (χ1v) is 6.04. The third-order valence-corrected chi connectivity index (χ3v) is 3.48. The zero-order valence-corrected chi connectivity index (χ0v) is 10.6. The smallest absolute Gasteiger partial charge is 0.256 e. The molecule has 0 radical (unpaired) electrons. The van der Waals surface area contributed by atoms with E-state index in [-0.39, 0.29) is 5.91 Å². The summed E-state index contributed by atoms with van der Waals surface area (Å²) in [5, 5.41) is 10.7. The fourth-order valence-corrected chi connectivity index (χ4v) is 2.60. The van der Waals surface area contributed by atoms with Crippen LogP contribution in [-0.2, 0) is 7.05 Å². The van der Waals surface area contributed by atoms with Crippen LogP contribution in [-0.4, -0.2) is 39.2 Å². The lowest BCUT2D eigenvalue weighted by atomic mass is 9.96. The molecule has 4 heteroatoms. The standard InChI is InChI=1S/C14H16N2O2/c1-14(18)8-16(9-14)13(17)11-7-15(2)12-6-4-3-5-10(11)12/h3-7,18H,8-9H2,1-2H3. The van der Waals surface area contributed by atoms with Gasteiger partial charge in [-0.3, -0.25) is 4.79 Å². The Hall–Kier alpha value is -1.81. The van der Waals surface area contributed by atoms with E-state index in [0.29, 0.717) is 18.7 Å².